The maximum absolute atomic E-state index is 12.9. The van der Waals surface area contributed by atoms with E-state index in [1.165, 1.54) is 18.7 Å². The van der Waals surface area contributed by atoms with E-state index in [9.17, 15) is 9.90 Å². The maximum atomic E-state index is 12.9. The summed E-state index contributed by atoms with van der Waals surface area (Å²) in [4.78, 5) is 18.5. The van der Waals surface area contributed by atoms with E-state index in [2.05, 4.69) is 10.1 Å². The van der Waals surface area contributed by atoms with Crippen LogP contribution in [-0.2, 0) is 4.79 Å². The second kappa shape index (κ2) is 7.41. The quantitative estimate of drug-likeness (QED) is 0.488. The second-order valence-electron chi connectivity index (χ2n) is 6.26. The molecule has 4 rings (SSSR count). The van der Waals surface area contributed by atoms with Crippen LogP contribution in [0, 0.1) is 0 Å². The number of para-hydroxylation sites is 1. The number of anilines is 1. The molecule has 1 atom stereocenters. The molecule has 0 N–H and O–H groups in total. The molecule has 1 aliphatic rings. The minimum atomic E-state index is -0.605. The summed E-state index contributed by atoms with van der Waals surface area (Å²) < 4.78 is 1.61. The number of carbonyl (C=O) groups is 1. The van der Waals surface area contributed by atoms with Crippen LogP contribution in [0.3, 0.4) is 0 Å². The highest BCUT2D eigenvalue weighted by atomic mass is 35.5. The Bertz CT molecular complexity index is 1060. The van der Waals surface area contributed by atoms with Crippen molar-refractivity contribution in [1.82, 2.24) is 10.1 Å². The first-order valence-corrected chi connectivity index (χ1v) is 10.2. The molecule has 0 radical (unpaired) electrons. The summed E-state index contributed by atoms with van der Waals surface area (Å²) in [6, 6.07) is 14.5. The number of hydrogen-bond donors (Lipinski definition) is 0. The zero-order valence-corrected chi connectivity index (χ0v) is 16.9. The largest absolute Gasteiger partial charge is 0.854 e. The van der Waals surface area contributed by atoms with Gasteiger partial charge in [-0.3, -0.25) is 4.79 Å². The Hall–Kier alpha value is -2.64. The number of halogens is 1. The summed E-state index contributed by atoms with van der Waals surface area (Å²) in [5, 5.41) is 18.5. The van der Waals surface area contributed by atoms with Crippen molar-refractivity contribution in [2.45, 2.75) is 25.2 Å². The van der Waals surface area contributed by atoms with Crippen molar-refractivity contribution in [3.05, 3.63) is 59.1 Å². The molecular weight excluding hydrogens is 396 g/mol. The van der Waals surface area contributed by atoms with Gasteiger partial charge in [0, 0.05) is 22.6 Å². The zero-order chi connectivity index (χ0) is 19.8. The molecule has 0 bridgehead atoms. The summed E-state index contributed by atoms with van der Waals surface area (Å²) in [5.74, 6) is 0.221. The molecule has 2 aromatic carbocycles. The van der Waals surface area contributed by atoms with E-state index < -0.39 is 6.17 Å². The minimum absolute atomic E-state index is 0.152. The van der Waals surface area contributed by atoms with Gasteiger partial charge in [-0.05, 0) is 42.2 Å². The zero-order valence-electron chi connectivity index (χ0n) is 15.3. The number of benzene rings is 2. The Morgan fingerprint density at radius 2 is 1.96 bits per heavy atom. The summed E-state index contributed by atoms with van der Waals surface area (Å²) >= 11 is 7.44. The summed E-state index contributed by atoms with van der Waals surface area (Å²) in [6.45, 7) is 3.47. The fraction of sp³-hybridized carbons (Fsp3) is 0.200. The summed E-state index contributed by atoms with van der Waals surface area (Å²) in [6.07, 6.45) is -0.605. The molecule has 0 fully saturated rings. The first kappa shape index (κ1) is 18.7. The Labute approximate surface area is 171 Å². The normalized spacial score (nSPS) is 15.1. The molecule has 1 aliphatic heterocycles. The molecule has 0 saturated carbocycles. The third-order valence-corrected chi connectivity index (χ3v) is 5.47. The van der Waals surface area contributed by atoms with E-state index >= 15 is 0 Å². The molecule has 6 nitrogen and oxygen atoms in total. The Morgan fingerprint density at radius 3 is 2.64 bits per heavy atom. The van der Waals surface area contributed by atoms with Crippen LogP contribution in [-0.4, -0.2) is 21.7 Å². The van der Waals surface area contributed by atoms with Gasteiger partial charge in [0.25, 0.3) is 17.0 Å². The first-order valence-electron chi connectivity index (χ1n) is 8.79. The third-order valence-electron chi connectivity index (χ3n) is 4.50. The number of aromatic nitrogens is 3. The lowest BCUT2D eigenvalue weighted by Gasteiger charge is -2.32. The highest BCUT2D eigenvalue weighted by Crippen LogP contribution is 2.40. The van der Waals surface area contributed by atoms with Crippen LogP contribution < -0.4 is 14.7 Å². The molecule has 8 heteroatoms. The number of amides is 1. The number of thioether (sulfide) groups is 1. The molecule has 142 valence electrons. The Kier molecular flexibility index (Phi) is 4.95. The average molecular weight is 413 g/mol. The van der Waals surface area contributed by atoms with Crippen molar-refractivity contribution in [2.75, 3.05) is 10.7 Å². The average Bonchev–Trinajstić information content (AvgIpc) is 2.67. The van der Waals surface area contributed by atoms with Crippen LogP contribution in [0.15, 0.2) is 53.7 Å². The van der Waals surface area contributed by atoms with Gasteiger partial charge in [-0.25, -0.2) is 9.88 Å². The summed E-state index contributed by atoms with van der Waals surface area (Å²) in [5.41, 5.74) is 2.46. The van der Waals surface area contributed by atoms with E-state index in [1.807, 2.05) is 43.3 Å². The van der Waals surface area contributed by atoms with Crippen molar-refractivity contribution in [1.29, 1.82) is 0 Å². The number of carbonyl (C=O) groups excluding carboxylic acids is 1. The monoisotopic (exact) mass is 412 g/mol. The number of rotatable bonds is 3. The van der Waals surface area contributed by atoms with E-state index in [0.717, 1.165) is 11.3 Å². The Balaban J connectivity index is 2.04. The molecule has 0 saturated heterocycles. The lowest BCUT2D eigenvalue weighted by molar-refractivity contribution is -0.764. The molecule has 28 heavy (non-hydrogen) atoms. The SMILES string of the molecule is CCSc1nc([O-])c2[n+](n1)C(c1ccc(Cl)cc1)N(C(C)=O)c1ccccc1-2. The van der Waals surface area contributed by atoms with Crippen LogP contribution in [0.4, 0.5) is 5.69 Å². The number of hydrogen-bond acceptors (Lipinski definition) is 5. The smallest absolute Gasteiger partial charge is 0.293 e. The van der Waals surface area contributed by atoms with Gasteiger partial charge >= 0.3 is 0 Å². The molecule has 1 amide bonds. The van der Waals surface area contributed by atoms with Crippen LogP contribution in [0.2, 0.25) is 5.02 Å². The molecule has 3 aromatic rings. The second-order valence-corrected chi connectivity index (χ2v) is 7.92. The van der Waals surface area contributed by atoms with Gasteiger partial charge in [0.1, 0.15) is 0 Å². The topological polar surface area (TPSA) is 73.0 Å². The lowest BCUT2D eigenvalue weighted by atomic mass is 10.0. The highest BCUT2D eigenvalue weighted by Gasteiger charge is 2.43. The first-order chi connectivity index (χ1) is 13.5. The van der Waals surface area contributed by atoms with Crippen molar-refractivity contribution in [3.63, 3.8) is 0 Å². The minimum Gasteiger partial charge on any atom is -0.854 e. The predicted molar refractivity (Wildman–Crippen MR) is 106 cm³/mol. The molecule has 1 unspecified atom stereocenters. The molecule has 0 spiro atoms. The molecule has 1 aromatic heterocycles. The van der Waals surface area contributed by atoms with Gasteiger partial charge < -0.3 is 5.11 Å². The summed E-state index contributed by atoms with van der Waals surface area (Å²) in [7, 11) is 0. The van der Waals surface area contributed by atoms with Crippen molar-refractivity contribution in [2.24, 2.45) is 0 Å². The molecule has 0 aliphatic carbocycles. The van der Waals surface area contributed by atoms with E-state index in [-0.39, 0.29) is 11.8 Å². The van der Waals surface area contributed by atoms with Crippen molar-refractivity contribution >= 4 is 35.0 Å². The maximum Gasteiger partial charge on any atom is 0.293 e. The van der Waals surface area contributed by atoms with Crippen molar-refractivity contribution in [3.8, 4) is 17.1 Å². The van der Waals surface area contributed by atoms with E-state index in [1.54, 1.807) is 21.7 Å². The highest BCUT2D eigenvalue weighted by molar-refractivity contribution is 7.99. The Morgan fingerprint density at radius 1 is 1.25 bits per heavy atom. The van der Waals surface area contributed by atoms with Crippen LogP contribution >= 0.6 is 23.4 Å². The van der Waals surface area contributed by atoms with Crippen molar-refractivity contribution < 1.29 is 14.6 Å². The molecular formula is C20H17ClN4O2S. The van der Waals surface area contributed by atoms with E-state index in [0.29, 0.717) is 27.1 Å². The van der Waals surface area contributed by atoms with Gasteiger partial charge in [-0.2, -0.15) is 0 Å². The fourth-order valence-electron chi connectivity index (χ4n) is 3.40. The van der Waals surface area contributed by atoms with Gasteiger partial charge in [0.15, 0.2) is 0 Å². The lowest BCUT2D eigenvalue weighted by Crippen LogP contribution is -2.58. The number of fused-ring (bicyclic) bond motifs is 3. The van der Waals surface area contributed by atoms with Crippen LogP contribution in [0.5, 0.6) is 5.88 Å². The fourth-order valence-corrected chi connectivity index (χ4v) is 4.08. The van der Waals surface area contributed by atoms with Gasteiger partial charge in [-0.15, -0.1) is 0 Å². The van der Waals surface area contributed by atoms with Gasteiger partial charge in [0.2, 0.25) is 5.91 Å². The van der Waals surface area contributed by atoms with Gasteiger partial charge in [-0.1, -0.05) is 47.1 Å². The van der Waals surface area contributed by atoms with Crippen LogP contribution in [0.25, 0.3) is 11.3 Å². The predicted octanol–water partition coefficient (Wildman–Crippen LogP) is 3.18. The van der Waals surface area contributed by atoms with E-state index in [4.69, 9.17) is 11.6 Å². The third kappa shape index (κ3) is 3.10. The van der Waals surface area contributed by atoms with Crippen LogP contribution in [0.1, 0.15) is 25.6 Å². The number of nitrogens with zero attached hydrogens (tertiary/aromatic N) is 4. The van der Waals surface area contributed by atoms with Gasteiger partial charge in [0.05, 0.1) is 17.1 Å². The standard InChI is InChI=1S/C20H17ClN4O2S/c1-3-28-20-22-18(27)17-15-6-4-5-7-16(15)24(12(2)26)19(25(17)23-20)13-8-10-14(21)11-9-13/h4-11,19H,3H2,1-2H3. The molecule has 2 heterocycles.